The molecule has 1 aromatic carbocycles. The monoisotopic (exact) mass is 358 g/mol. The standard InChI is InChI=1S/C19H22N2O3S/c1-23-17-9-18(25-12-17)24-16-4-2-14(3-5-16)19(22)20-15-8-13-6-7-21(10-13)11-15/h2-5,9,12-13,15H,6-8,10-11H2,1H3,(H,20,22). The van der Waals surface area contributed by atoms with E-state index in [0.717, 1.165) is 29.7 Å². The highest BCUT2D eigenvalue weighted by Gasteiger charge is 2.32. The molecule has 0 spiro atoms. The quantitative estimate of drug-likeness (QED) is 0.890. The molecule has 0 radical (unpaired) electrons. The van der Waals surface area contributed by atoms with Crippen LogP contribution in [0.5, 0.6) is 16.6 Å². The molecule has 2 aliphatic heterocycles. The van der Waals surface area contributed by atoms with Gasteiger partial charge in [0, 0.05) is 36.1 Å². The van der Waals surface area contributed by atoms with E-state index in [4.69, 9.17) is 9.47 Å². The molecule has 2 fully saturated rings. The van der Waals surface area contributed by atoms with Crippen LogP contribution in [0.25, 0.3) is 0 Å². The Morgan fingerprint density at radius 1 is 1.24 bits per heavy atom. The second kappa shape index (κ2) is 7.06. The van der Waals surface area contributed by atoms with E-state index in [2.05, 4.69) is 10.2 Å². The van der Waals surface area contributed by atoms with Crippen LogP contribution in [0, 0.1) is 5.92 Å². The van der Waals surface area contributed by atoms with Crippen LogP contribution in [-0.2, 0) is 0 Å². The highest BCUT2D eigenvalue weighted by Crippen LogP contribution is 2.32. The zero-order chi connectivity index (χ0) is 17.2. The summed E-state index contributed by atoms with van der Waals surface area (Å²) in [5, 5.41) is 5.84. The number of ether oxygens (including phenoxy) is 2. The molecule has 0 aliphatic carbocycles. The summed E-state index contributed by atoms with van der Waals surface area (Å²) in [6.45, 7) is 3.35. The lowest BCUT2D eigenvalue weighted by atomic mass is 9.96. The molecule has 1 N–H and O–H groups in total. The molecular formula is C19H22N2O3S. The molecule has 5 nitrogen and oxygen atoms in total. The third-order valence-electron chi connectivity index (χ3n) is 4.92. The molecule has 1 aromatic heterocycles. The van der Waals surface area contributed by atoms with Crippen LogP contribution in [0.3, 0.4) is 0 Å². The van der Waals surface area contributed by atoms with E-state index in [1.165, 1.54) is 30.8 Å². The summed E-state index contributed by atoms with van der Waals surface area (Å²) in [4.78, 5) is 14.9. The van der Waals surface area contributed by atoms with Crippen molar-refractivity contribution < 1.29 is 14.3 Å². The number of piperidine rings is 1. The zero-order valence-corrected chi connectivity index (χ0v) is 15.1. The summed E-state index contributed by atoms with van der Waals surface area (Å²) in [6.07, 6.45) is 2.37. The maximum absolute atomic E-state index is 12.5. The fourth-order valence-corrected chi connectivity index (χ4v) is 4.41. The minimum Gasteiger partial charge on any atom is -0.496 e. The molecular weight excluding hydrogens is 336 g/mol. The maximum Gasteiger partial charge on any atom is 0.251 e. The van der Waals surface area contributed by atoms with Gasteiger partial charge in [-0.3, -0.25) is 4.79 Å². The van der Waals surface area contributed by atoms with Crippen LogP contribution >= 0.6 is 11.3 Å². The lowest BCUT2D eigenvalue weighted by molar-refractivity contribution is 0.0909. The SMILES string of the molecule is COc1csc(Oc2ccc(C(=O)NC3CC4CCN(C4)C3)cc2)c1. The lowest BCUT2D eigenvalue weighted by Gasteiger charge is -2.30. The first-order valence-electron chi connectivity index (χ1n) is 8.63. The summed E-state index contributed by atoms with van der Waals surface area (Å²) in [7, 11) is 1.63. The molecule has 2 bridgehead atoms. The Kier molecular flexibility index (Phi) is 4.63. The van der Waals surface area contributed by atoms with Gasteiger partial charge in [0.1, 0.15) is 11.5 Å². The van der Waals surface area contributed by atoms with Crippen LogP contribution < -0.4 is 14.8 Å². The van der Waals surface area contributed by atoms with Crippen LogP contribution in [0.4, 0.5) is 0 Å². The van der Waals surface area contributed by atoms with Gasteiger partial charge in [0.05, 0.1) is 7.11 Å². The van der Waals surface area contributed by atoms with E-state index >= 15 is 0 Å². The average Bonchev–Trinajstić information content (AvgIpc) is 3.21. The number of nitrogens with one attached hydrogen (secondary N) is 1. The summed E-state index contributed by atoms with van der Waals surface area (Å²) in [5.74, 6) is 2.24. The number of carbonyl (C=O) groups is 1. The van der Waals surface area contributed by atoms with Gasteiger partial charge >= 0.3 is 0 Å². The van der Waals surface area contributed by atoms with Crippen molar-refractivity contribution in [1.82, 2.24) is 10.2 Å². The minimum absolute atomic E-state index is 0.00292. The van der Waals surface area contributed by atoms with Crippen LogP contribution in [0.2, 0.25) is 0 Å². The number of rotatable bonds is 5. The van der Waals surface area contributed by atoms with E-state index in [1.807, 2.05) is 35.7 Å². The normalized spacial score (nSPS) is 24.8. The maximum atomic E-state index is 12.5. The van der Waals surface area contributed by atoms with Crippen LogP contribution in [-0.4, -0.2) is 43.6 Å². The van der Waals surface area contributed by atoms with Gasteiger partial charge in [0.2, 0.25) is 0 Å². The van der Waals surface area contributed by atoms with Gasteiger partial charge < -0.3 is 19.7 Å². The molecule has 6 heteroatoms. The molecule has 2 aromatic rings. The number of benzene rings is 1. The first kappa shape index (κ1) is 16.4. The number of fused-ring (bicyclic) bond motifs is 2. The van der Waals surface area contributed by atoms with E-state index in [9.17, 15) is 4.79 Å². The largest absolute Gasteiger partial charge is 0.496 e. The van der Waals surface area contributed by atoms with Crippen molar-refractivity contribution in [2.24, 2.45) is 5.92 Å². The van der Waals surface area contributed by atoms with Gasteiger partial charge in [0.25, 0.3) is 5.91 Å². The van der Waals surface area contributed by atoms with Crippen molar-refractivity contribution in [3.8, 4) is 16.6 Å². The highest BCUT2D eigenvalue weighted by molar-refractivity contribution is 7.12. The third kappa shape index (κ3) is 3.80. The predicted molar refractivity (Wildman–Crippen MR) is 97.8 cm³/mol. The van der Waals surface area contributed by atoms with Crippen molar-refractivity contribution in [3.05, 3.63) is 41.3 Å². The fourth-order valence-electron chi connectivity index (χ4n) is 3.68. The molecule has 3 heterocycles. The number of hydrogen-bond acceptors (Lipinski definition) is 5. The molecule has 2 saturated heterocycles. The average molecular weight is 358 g/mol. The number of methoxy groups -OCH3 is 1. The smallest absolute Gasteiger partial charge is 0.251 e. The van der Waals surface area contributed by atoms with Gasteiger partial charge in [-0.05, 0) is 49.6 Å². The van der Waals surface area contributed by atoms with Gasteiger partial charge in [-0.15, -0.1) is 11.3 Å². The highest BCUT2D eigenvalue weighted by atomic mass is 32.1. The molecule has 3 unspecified atom stereocenters. The van der Waals surface area contributed by atoms with E-state index in [1.54, 1.807) is 7.11 Å². The minimum atomic E-state index is -0.00292. The Balaban J connectivity index is 1.35. The summed E-state index contributed by atoms with van der Waals surface area (Å²) >= 11 is 1.48. The fraction of sp³-hybridized carbons (Fsp3) is 0.421. The van der Waals surface area contributed by atoms with Gasteiger partial charge in [-0.2, -0.15) is 0 Å². The van der Waals surface area contributed by atoms with Crippen molar-refractivity contribution in [3.63, 3.8) is 0 Å². The van der Waals surface area contributed by atoms with E-state index in [-0.39, 0.29) is 11.9 Å². The zero-order valence-electron chi connectivity index (χ0n) is 14.2. The number of carbonyl (C=O) groups excluding carboxylic acids is 1. The first-order chi connectivity index (χ1) is 12.2. The summed E-state index contributed by atoms with van der Waals surface area (Å²) < 4.78 is 10.9. The van der Waals surface area contributed by atoms with Crippen LogP contribution in [0.1, 0.15) is 23.2 Å². The van der Waals surface area contributed by atoms with Crippen molar-refractivity contribution >= 4 is 17.2 Å². The van der Waals surface area contributed by atoms with Gasteiger partial charge in [-0.25, -0.2) is 0 Å². The first-order valence-corrected chi connectivity index (χ1v) is 9.51. The number of amides is 1. The van der Waals surface area contributed by atoms with Gasteiger partial charge in [-0.1, -0.05) is 0 Å². The summed E-state index contributed by atoms with van der Waals surface area (Å²) in [6, 6.07) is 9.39. The van der Waals surface area contributed by atoms with Crippen molar-refractivity contribution in [2.75, 3.05) is 26.7 Å². The second-order valence-electron chi connectivity index (χ2n) is 6.75. The molecule has 0 saturated carbocycles. The van der Waals surface area contributed by atoms with Crippen molar-refractivity contribution in [1.29, 1.82) is 0 Å². The van der Waals surface area contributed by atoms with E-state index in [0.29, 0.717) is 11.3 Å². The Morgan fingerprint density at radius 2 is 2.08 bits per heavy atom. The molecule has 3 atom stereocenters. The Bertz CT molecular complexity index is 731. The van der Waals surface area contributed by atoms with Gasteiger partial charge in [0.15, 0.2) is 5.06 Å². The van der Waals surface area contributed by atoms with Crippen molar-refractivity contribution in [2.45, 2.75) is 18.9 Å². The number of thiophene rings is 1. The van der Waals surface area contributed by atoms with Crippen LogP contribution in [0.15, 0.2) is 35.7 Å². The predicted octanol–water partition coefficient (Wildman–Crippen LogP) is 3.37. The Labute approximate surface area is 151 Å². The molecule has 132 valence electrons. The molecule has 2 aliphatic rings. The van der Waals surface area contributed by atoms with E-state index < -0.39 is 0 Å². The second-order valence-corrected chi connectivity index (χ2v) is 7.63. The molecule has 25 heavy (non-hydrogen) atoms. The topological polar surface area (TPSA) is 50.8 Å². The Morgan fingerprint density at radius 3 is 2.80 bits per heavy atom. The lowest BCUT2D eigenvalue weighted by Crippen LogP contribution is -2.46. The molecule has 4 rings (SSSR count). The summed E-state index contributed by atoms with van der Waals surface area (Å²) in [5.41, 5.74) is 0.670. The number of hydrogen-bond donors (Lipinski definition) is 1. The molecule has 1 amide bonds. The number of nitrogens with zero attached hydrogens (tertiary/aromatic N) is 1. The third-order valence-corrected chi connectivity index (χ3v) is 5.71. The Hall–Kier alpha value is -2.05.